The van der Waals surface area contributed by atoms with Crippen molar-refractivity contribution in [3.05, 3.63) is 58.1 Å². The smallest absolute Gasteiger partial charge is 0.263 e. The summed E-state index contributed by atoms with van der Waals surface area (Å²) in [6.07, 6.45) is 0.928. The Hall–Kier alpha value is -2.29. The van der Waals surface area contributed by atoms with E-state index in [1.165, 1.54) is 30.3 Å². The number of nitrogens with one attached hydrogen (secondary N) is 3. The van der Waals surface area contributed by atoms with E-state index in [1.807, 2.05) is 13.8 Å². The molecule has 0 bridgehead atoms. The molecule has 0 aliphatic rings. The van der Waals surface area contributed by atoms with Crippen LogP contribution in [0.15, 0.2) is 47.4 Å². The fourth-order valence-electron chi connectivity index (χ4n) is 2.42. The van der Waals surface area contributed by atoms with Gasteiger partial charge in [-0.3, -0.25) is 14.3 Å². The predicted octanol–water partition coefficient (Wildman–Crippen LogP) is 3.83. The Morgan fingerprint density at radius 3 is 2.37 bits per heavy atom. The van der Waals surface area contributed by atoms with E-state index in [9.17, 15) is 18.0 Å². The van der Waals surface area contributed by atoms with E-state index in [0.29, 0.717) is 10.7 Å². The van der Waals surface area contributed by atoms with Crippen molar-refractivity contribution in [1.29, 1.82) is 0 Å². The molecule has 0 spiro atoms. The lowest BCUT2D eigenvalue weighted by molar-refractivity contribution is -0.121. The molecular formula is C20H23Cl2N3O4S. The first-order chi connectivity index (χ1) is 14.1. The van der Waals surface area contributed by atoms with Crippen LogP contribution in [0.5, 0.6) is 0 Å². The van der Waals surface area contributed by atoms with Gasteiger partial charge in [-0.05, 0) is 55.8 Å². The first-order valence-electron chi connectivity index (χ1n) is 9.28. The van der Waals surface area contributed by atoms with Crippen molar-refractivity contribution in [2.75, 3.05) is 11.3 Å². The molecule has 0 saturated heterocycles. The van der Waals surface area contributed by atoms with Gasteiger partial charge in [-0.1, -0.05) is 30.1 Å². The minimum Gasteiger partial charge on any atom is -0.354 e. The first-order valence-corrected chi connectivity index (χ1v) is 11.5. The zero-order valence-corrected chi connectivity index (χ0v) is 18.9. The number of sulfonamides is 1. The van der Waals surface area contributed by atoms with Gasteiger partial charge in [0, 0.05) is 35.3 Å². The number of benzene rings is 2. The van der Waals surface area contributed by atoms with Crippen LogP contribution in [0.2, 0.25) is 10.0 Å². The second kappa shape index (κ2) is 10.7. The molecule has 0 radical (unpaired) electrons. The molecule has 162 valence electrons. The van der Waals surface area contributed by atoms with E-state index in [2.05, 4.69) is 15.4 Å². The summed E-state index contributed by atoms with van der Waals surface area (Å²) in [6.45, 7) is 3.97. The molecule has 2 aromatic carbocycles. The molecule has 0 aliphatic heterocycles. The van der Waals surface area contributed by atoms with Crippen molar-refractivity contribution in [3.63, 3.8) is 0 Å². The van der Waals surface area contributed by atoms with Crippen molar-refractivity contribution >= 4 is 50.7 Å². The first kappa shape index (κ1) is 24.0. The maximum absolute atomic E-state index is 12.7. The van der Waals surface area contributed by atoms with Gasteiger partial charge in [0.05, 0.1) is 5.02 Å². The zero-order chi connectivity index (χ0) is 22.3. The number of hydrogen-bond acceptors (Lipinski definition) is 4. The number of carbonyl (C=O) groups excluding carboxylic acids is 2. The van der Waals surface area contributed by atoms with Crippen LogP contribution in [0.4, 0.5) is 5.69 Å². The molecule has 3 N–H and O–H groups in total. The highest BCUT2D eigenvalue weighted by atomic mass is 35.5. The van der Waals surface area contributed by atoms with Crippen LogP contribution in [0.25, 0.3) is 0 Å². The molecular weight excluding hydrogens is 449 g/mol. The summed E-state index contributed by atoms with van der Waals surface area (Å²) in [6, 6.07) is 10.1. The van der Waals surface area contributed by atoms with Crippen LogP contribution in [-0.2, 0) is 14.8 Å². The number of halogens is 2. The molecule has 2 aromatic rings. The quantitative estimate of drug-likeness (QED) is 0.516. The van der Waals surface area contributed by atoms with E-state index in [-0.39, 0.29) is 40.4 Å². The van der Waals surface area contributed by atoms with Gasteiger partial charge in [-0.2, -0.15) is 0 Å². The van der Waals surface area contributed by atoms with Gasteiger partial charge in [0.1, 0.15) is 4.90 Å². The number of hydrogen-bond donors (Lipinski definition) is 3. The Morgan fingerprint density at radius 2 is 1.73 bits per heavy atom. The number of carbonyl (C=O) groups is 2. The molecule has 2 amide bonds. The molecule has 30 heavy (non-hydrogen) atoms. The lowest BCUT2D eigenvalue weighted by Gasteiger charge is -2.12. The largest absolute Gasteiger partial charge is 0.354 e. The normalized spacial score (nSPS) is 12.1. The van der Waals surface area contributed by atoms with Crippen LogP contribution in [0.3, 0.4) is 0 Å². The third-order valence-electron chi connectivity index (χ3n) is 4.24. The van der Waals surface area contributed by atoms with Gasteiger partial charge in [-0.15, -0.1) is 0 Å². The topological polar surface area (TPSA) is 104 Å². The van der Waals surface area contributed by atoms with Gasteiger partial charge in [0.15, 0.2) is 0 Å². The van der Waals surface area contributed by atoms with Gasteiger partial charge >= 0.3 is 0 Å². The Labute approximate surface area is 186 Å². The second-order valence-electron chi connectivity index (χ2n) is 6.64. The van der Waals surface area contributed by atoms with E-state index in [4.69, 9.17) is 23.2 Å². The Kier molecular flexibility index (Phi) is 8.52. The minimum absolute atomic E-state index is 0.0269. The van der Waals surface area contributed by atoms with Crippen LogP contribution < -0.4 is 15.4 Å². The van der Waals surface area contributed by atoms with Crippen LogP contribution in [-0.4, -0.2) is 32.8 Å². The molecule has 0 aliphatic carbocycles. The average Bonchev–Trinajstić information content (AvgIpc) is 2.69. The molecule has 0 saturated carbocycles. The van der Waals surface area contributed by atoms with E-state index >= 15 is 0 Å². The van der Waals surface area contributed by atoms with Crippen molar-refractivity contribution in [3.8, 4) is 0 Å². The Balaban J connectivity index is 2.07. The third kappa shape index (κ3) is 6.90. The van der Waals surface area contributed by atoms with Gasteiger partial charge < -0.3 is 10.6 Å². The highest BCUT2D eigenvalue weighted by Gasteiger charge is 2.20. The van der Waals surface area contributed by atoms with E-state index in [0.717, 1.165) is 6.42 Å². The van der Waals surface area contributed by atoms with Crippen molar-refractivity contribution in [2.24, 2.45) is 0 Å². The summed E-state index contributed by atoms with van der Waals surface area (Å²) in [7, 11) is -4.03. The molecule has 7 nitrogen and oxygen atoms in total. The molecule has 1 atom stereocenters. The summed E-state index contributed by atoms with van der Waals surface area (Å²) in [5.41, 5.74) is 0.413. The summed E-state index contributed by atoms with van der Waals surface area (Å²) < 4.78 is 27.8. The zero-order valence-electron chi connectivity index (χ0n) is 16.5. The highest BCUT2D eigenvalue weighted by Crippen LogP contribution is 2.25. The molecule has 2 rings (SSSR count). The Morgan fingerprint density at radius 1 is 1.07 bits per heavy atom. The maximum atomic E-state index is 12.7. The SMILES string of the molecule is CCC(C)NC(=O)CCNC(=O)c1ccc(Cl)c(S(=O)(=O)Nc2ccc(Cl)cc2)c1. The van der Waals surface area contributed by atoms with Crippen molar-refractivity contribution in [1.82, 2.24) is 10.6 Å². The number of amides is 2. The molecule has 0 heterocycles. The van der Waals surface area contributed by atoms with Crippen molar-refractivity contribution < 1.29 is 18.0 Å². The van der Waals surface area contributed by atoms with Crippen molar-refractivity contribution in [2.45, 2.75) is 37.6 Å². The lowest BCUT2D eigenvalue weighted by Crippen LogP contribution is -2.35. The van der Waals surface area contributed by atoms with E-state index in [1.54, 1.807) is 12.1 Å². The van der Waals surface area contributed by atoms with Gasteiger partial charge in [-0.25, -0.2) is 8.42 Å². The number of rotatable bonds is 9. The summed E-state index contributed by atoms with van der Waals surface area (Å²) >= 11 is 11.9. The second-order valence-corrected chi connectivity index (χ2v) is 9.13. The van der Waals surface area contributed by atoms with Gasteiger partial charge in [0.25, 0.3) is 15.9 Å². The van der Waals surface area contributed by atoms with Crippen LogP contribution in [0.1, 0.15) is 37.0 Å². The minimum atomic E-state index is -4.03. The fourth-order valence-corrected chi connectivity index (χ4v) is 4.13. The van der Waals surface area contributed by atoms with Crippen LogP contribution >= 0.6 is 23.2 Å². The molecule has 0 fully saturated rings. The van der Waals surface area contributed by atoms with Gasteiger partial charge in [0.2, 0.25) is 5.91 Å². The average molecular weight is 472 g/mol. The number of anilines is 1. The van der Waals surface area contributed by atoms with E-state index < -0.39 is 15.9 Å². The monoisotopic (exact) mass is 471 g/mol. The summed E-state index contributed by atoms with van der Waals surface area (Å²) in [5.74, 6) is -0.679. The molecule has 0 aromatic heterocycles. The fraction of sp³-hybridized carbons (Fsp3) is 0.300. The maximum Gasteiger partial charge on any atom is 0.263 e. The molecule has 10 heteroatoms. The predicted molar refractivity (Wildman–Crippen MR) is 119 cm³/mol. The van der Waals surface area contributed by atoms with Crippen LogP contribution in [0, 0.1) is 0 Å². The standard InChI is InChI=1S/C20H23Cl2N3O4S/c1-3-13(2)24-19(26)10-11-23-20(27)14-4-9-17(22)18(12-14)30(28,29)25-16-7-5-15(21)6-8-16/h4-9,12-13,25H,3,10-11H2,1-2H3,(H,23,27)(H,24,26). The molecule has 1 unspecified atom stereocenters. The third-order valence-corrected chi connectivity index (χ3v) is 6.35. The lowest BCUT2D eigenvalue weighted by atomic mass is 10.2. The summed E-state index contributed by atoms with van der Waals surface area (Å²) in [5, 5.41) is 5.84. The summed E-state index contributed by atoms with van der Waals surface area (Å²) in [4.78, 5) is 23.9. The Bertz CT molecular complexity index is 1010. The highest BCUT2D eigenvalue weighted by molar-refractivity contribution is 7.92.